The number of sulfonamides is 2. The van der Waals surface area contributed by atoms with E-state index in [1.807, 2.05) is 6.92 Å². The van der Waals surface area contributed by atoms with E-state index in [4.69, 9.17) is 0 Å². The van der Waals surface area contributed by atoms with Crippen LogP contribution in [-0.4, -0.2) is 40.3 Å². The van der Waals surface area contributed by atoms with Gasteiger partial charge in [-0.3, -0.25) is 0 Å². The number of hydrogen-bond donors (Lipinski definition) is 1. The normalized spacial score (nSPS) is 17.3. The van der Waals surface area contributed by atoms with Crippen LogP contribution in [0.5, 0.6) is 0 Å². The Morgan fingerprint density at radius 1 is 0.846 bits per heavy atom. The smallest absolute Gasteiger partial charge is 0.208 e. The Labute approximate surface area is 155 Å². The molecule has 0 saturated carbocycles. The largest absolute Gasteiger partial charge is 0.243 e. The van der Waals surface area contributed by atoms with Crippen LogP contribution in [0.2, 0.25) is 0 Å². The summed E-state index contributed by atoms with van der Waals surface area (Å²) in [6.07, 6.45) is 0.883. The molecule has 2 aromatic rings. The van der Waals surface area contributed by atoms with Crippen LogP contribution in [0.25, 0.3) is 0 Å². The number of nitrogens with one attached hydrogen (secondary N) is 1. The summed E-state index contributed by atoms with van der Waals surface area (Å²) in [5, 5.41) is 0. The summed E-state index contributed by atoms with van der Waals surface area (Å²) in [4.78, 5) is 0.487. The standard InChI is InChI=1S/C18H22N2O4S2/c1-15-7-9-18(10-8-15)26(23,24)20-13-11-16(12-14-20)19-25(21,22)17-5-3-2-4-6-17/h2-10,16,19H,11-14H2,1H3. The van der Waals surface area contributed by atoms with Gasteiger partial charge in [0.15, 0.2) is 0 Å². The van der Waals surface area contributed by atoms with Gasteiger partial charge in [-0.15, -0.1) is 0 Å². The predicted octanol–water partition coefficient (Wildman–Crippen LogP) is 2.13. The summed E-state index contributed by atoms with van der Waals surface area (Å²) in [7, 11) is -7.13. The topological polar surface area (TPSA) is 83.6 Å². The first-order valence-electron chi connectivity index (χ1n) is 8.43. The van der Waals surface area contributed by atoms with Crippen molar-refractivity contribution in [3.8, 4) is 0 Å². The minimum Gasteiger partial charge on any atom is -0.208 e. The van der Waals surface area contributed by atoms with E-state index in [2.05, 4.69) is 4.72 Å². The second kappa shape index (κ2) is 7.48. The molecule has 1 heterocycles. The molecule has 6 nitrogen and oxygen atoms in total. The molecule has 3 rings (SSSR count). The van der Waals surface area contributed by atoms with E-state index >= 15 is 0 Å². The fraction of sp³-hybridized carbons (Fsp3) is 0.333. The lowest BCUT2D eigenvalue weighted by molar-refractivity contribution is 0.308. The molecule has 0 atom stereocenters. The van der Waals surface area contributed by atoms with Gasteiger partial charge in [0.2, 0.25) is 20.0 Å². The number of benzene rings is 2. The molecule has 8 heteroatoms. The molecule has 1 fully saturated rings. The minimum absolute atomic E-state index is 0.217. The summed E-state index contributed by atoms with van der Waals surface area (Å²) >= 11 is 0. The van der Waals surface area contributed by atoms with Crippen molar-refractivity contribution in [3.63, 3.8) is 0 Å². The van der Waals surface area contributed by atoms with Gasteiger partial charge in [0.05, 0.1) is 9.79 Å². The summed E-state index contributed by atoms with van der Waals surface area (Å²) in [5.74, 6) is 0. The van der Waals surface area contributed by atoms with E-state index in [1.165, 1.54) is 4.31 Å². The maximum absolute atomic E-state index is 12.7. The van der Waals surface area contributed by atoms with E-state index in [9.17, 15) is 16.8 Å². The Hall–Kier alpha value is -1.74. The highest BCUT2D eigenvalue weighted by Gasteiger charge is 2.31. The molecule has 2 aromatic carbocycles. The summed E-state index contributed by atoms with van der Waals surface area (Å²) in [6, 6.07) is 14.7. The van der Waals surface area contributed by atoms with E-state index < -0.39 is 20.0 Å². The molecular weight excluding hydrogens is 372 g/mol. The lowest BCUT2D eigenvalue weighted by Crippen LogP contribution is -2.46. The quantitative estimate of drug-likeness (QED) is 0.842. The number of nitrogens with zero attached hydrogens (tertiary/aromatic N) is 1. The molecule has 1 N–H and O–H groups in total. The van der Waals surface area contributed by atoms with Crippen LogP contribution in [0, 0.1) is 6.92 Å². The Kier molecular flexibility index (Phi) is 5.47. The number of hydrogen-bond acceptors (Lipinski definition) is 4. The van der Waals surface area contributed by atoms with Gasteiger partial charge >= 0.3 is 0 Å². The SMILES string of the molecule is Cc1ccc(S(=O)(=O)N2CCC(NS(=O)(=O)c3ccccc3)CC2)cc1. The second-order valence-corrected chi connectivity index (χ2v) is 10.1. The van der Waals surface area contributed by atoms with Crippen molar-refractivity contribution in [3.05, 3.63) is 60.2 Å². The maximum atomic E-state index is 12.7. The third-order valence-corrected chi connectivity index (χ3v) is 7.94. The fourth-order valence-corrected chi connectivity index (χ4v) is 5.76. The third kappa shape index (κ3) is 4.15. The molecule has 0 aromatic heterocycles. The van der Waals surface area contributed by atoms with Gasteiger partial charge in [0, 0.05) is 19.1 Å². The van der Waals surface area contributed by atoms with Gasteiger partial charge < -0.3 is 0 Å². The van der Waals surface area contributed by atoms with Gasteiger partial charge in [-0.25, -0.2) is 21.6 Å². The number of rotatable bonds is 5. The minimum atomic E-state index is -3.59. The van der Waals surface area contributed by atoms with E-state index in [0.717, 1.165) is 5.56 Å². The summed E-state index contributed by atoms with van der Waals surface area (Å²) in [6.45, 7) is 2.48. The van der Waals surface area contributed by atoms with Gasteiger partial charge in [0.1, 0.15) is 0 Å². The number of aryl methyl sites for hydroxylation is 1. The van der Waals surface area contributed by atoms with Crippen LogP contribution in [0.1, 0.15) is 18.4 Å². The Morgan fingerprint density at radius 3 is 2.00 bits per heavy atom. The van der Waals surface area contributed by atoms with Gasteiger partial charge in [-0.2, -0.15) is 4.31 Å². The van der Waals surface area contributed by atoms with Gasteiger partial charge in [0.25, 0.3) is 0 Å². The van der Waals surface area contributed by atoms with E-state index in [1.54, 1.807) is 54.6 Å². The first-order valence-corrected chi connectivity index (χ1v) is 11.4. The third-order valence-electron chi connectivity index (χ3n) is 4.49. The van der Waals surface area contributed by atoms with Crippen molar-refractivity contribution in [1.29, 1.82) is 0 Å². The zero-order valence-electron chi connectivity index (χ0n) is 14.5. The Morgan fingerprint density at radius 2 is 1.42 bits per heavy atom. The maximum Gasteiger partial charge on any atom is 0.243 e. The van der Waals surface area contributed by atoms with Gasteiger partial charge in [-0.05, 0) is 44.0 Å². The average Bonchev–Trinajstić information content (AvgIpc) is 2.63. The monoisotopic (exact) mass is 394 g/mol. The molecule has 0 unspecified atom stereocenters. The molecule has 0 amide bonds. The molecule has 0 spiro atoms. The summed E-state index contributed by atoms with van der Waals surface area (Å²) in [5.41, 5.74) is 0.998. The molecular formula is C18H22N2O4S2. The van der Waals surface area contributed by atoms with Crippen molar-refractivity contribution in [2.45, 2.75) is 35.6 Å². The predicted molar refractivity (Wildman–Crippen MR) is 99.7 cm³/mol. The zero-order chi connectivity index (χ0) is 18.8. The van der Waals surface area contributed by atoms with Crippen LogP contribution in [0.4, 0.5) is 0 Å². The average molecular weight is 395 g/mol. The highest BCUT2D eigenvalue weighted by atomic mass is 32.2. The molecule has 1 aliphatic rings. The molecule has 1 saturated heterocycles. The molecule has 1 aliphatic heterocycles. The lowest BCUT2D eigenvalue weighted by atomic mass is 10.1. The Balaban J connectivity index is 1.65. The summed E-state index contributed by atoms with van der Waals surface area (Å²) < 4.78 is 54.3. The molecule has 140 valence electrons. The van der Waals surface area contributed by atoms with Crippen LogP contribution in [0.15, 0.2) is 64.4 Å². The van der Waals surface area contributed by atoms with Crippen molar-refractivity contribution in [2.75, 3.05) is 13.1 Å². The molecule has 26 heavy (non-hydrogen) atoms. The zero-order valence-corrected chi connectivity index (χ0v) is 16.1. The first-order chi connectivity index (χ1) is 12.3. The highest BCUT2D eigenvalue weighted by Crippen LogP contribution is 2.22. The van der Waals surface area contributed by atoms with Crippen LogP contribution in [-0.2, 0) is 20.0 Å². The van der Waals surface area contributed by atoms with Crippen LogP contribution >= 0.6 is 0 Å². The fourth-order valence-electron chi connectivity index (χ4n) is 2.96. The van der Waals surface area contributed by atoms with Crippen molar-refractivity contribution in [2.24, 2.45) is 0 Å². The second-order valence-electron chi connectivity index (χ2n) is 6.43. The lowest BCUT2D eigenvalue weighted by Gasteiger charge is -2.31. The molecule has 0 radical (unpaired) electrons. The molecule has 0 aliphatic carbocycles. The Bertz CT molecular complexity index is 948. The van der Waals surface area contributed by atoms with Gasteiger partial charge in [-0.1, -0.05) is 35.9 Å². The van der Waals surface area contributed by atoms with Crippen LogP contribution < -0.4 is 4.72 Å². The van der Waals surface area contributed by atoms with Crippen molar-refractivity contribution >= 4 is 20.0 Å². The van der Waals surface area contributed by atoms with Crippen molar-refractivity contribution in [1.82, 2.24) is 9.03 Å². The first kappa shape index (κ1) is 19.0. The highest BCUT2D eigenvalue weighted by molar-refractivity contribution is 7.89. The molecule has 0 bridgehead atoms. The van der Waals surface area contributed by atoms with Crippen LogP contribution in [0.3, 0.4) is 0 Å². The van der Waals surface area contributed by atoms with E-state index in [0.29, 0.717) is 12.8 Å². The van der Waals surface area contributed by atoms with E-state index in [-0.39, 0.29) is 28.9 Å². The number of piperidine rings is 1. The van der Waals surface area contributed by atoms with Crippen molar-refractivity contribution < 1.29 is 16.8 Å².